The lowest BCUT2D eigenvalue weighted by Gasteiger charge is -2.28. The highest BCUT2D eigenvalue weighted by Gasteiger charge is 2.24. The summed E-state index contributed by atoms with van der Waals surface area (Å²) < 4.78 is 5.65. The highest BCUT2D eigenvalue weighted by atomic mass is 35.5. The number of carbonyl (C=O) groups is 4. The van der Waals surface area contributed by atoms with Gasteiger partial charge in [-0.2, -0.15) is 0 Å². The van der Waals surface area contributed by atoms with E-state index in [-0.39, 0.29) is 37.2 Å². The van der Waals surface area contributed by atoms with Crippen LogP contribution in [0.25, 0.3) is 0 Å². The van der Waals surface area contributed by atoms with Gasteiger partial charge >= 0.3 is 0 Å². The van der Waals surface area contributed by atoms with Crippen LogP contribution in [0.2, 0.25) is 4.34 Å². The molecule has 4 amide bonds. The number of nitrogens with two attached hydrogens (primary N) is 1. The van der Waals surface area contributed by atoms with Crippen LogP contribution in [0.1, 0.15) is 35.0 Å². The molecule has 0 aliphatic carbocycles. The molecule has 1 aliphatic heterocycles. The minimum atomic E-state index is -0.609. The molecule has 2 atom stereocenters. The van der Waals surface area contributed by atoms with Crippen LogP contribution in [0.5, 0.6) is 0 Å². The second-order valence-electron chi connectivity index (χ2n) is 8.16. The first-order valence-electron chi connectivity index (χ1n) is 10.8. The number of primary amides is 1. The molecule has 1 aliphatic rings. The predicted molar refractivity (Wildman–Crippen MR) is 131 cm³/mol. The SMILES string of the molecule is Cc1cc(NC(=O)C[C@@H](CC(C)C(N)=O)NC(=O)c2ccc(Cl)s2)ccc1N1CCOCC1=O. The summed E-state index contributed by atoms with van der Waals surface area (Å²) in [4.78, 5) is 51.1. The van der Waals surface area contributed by atoms with Gasteiger partial charge in [0.05, 0.1) is 15.8 Å². The van der Waals surface area contributed by atoms with Crippen LogP contribution < -0.4 is 21.3 Å². The van der Waals surface area contributed by atoms with Crippen molar-refractivity contribution < 1.29 is 23.9 Å². The van der Waals surface area contributed by atoms with E-state index in [1.165, 1.54) is 0 Å². The van der Waals surface area contributed by atoms with Gasteiger partial charge in [-0.25, -0.2) is 0 Å². The molecule has 1 unspecified atom stereocenters. The van der Waals surface area contributed by atoms with Crippen LogP contribution in [0.3, 0.4) is 0 Å². The lowest BCUT2D eigenvalue weighted by atomic mass is 9.98. The monoisotopic (exact) mass is 506 g/mol. The smallest absolute Gasteiger partial charge is 0.261 e. The van der Waals surface area contributed by atoms with Gasteiger partial charge in [0.25, 0.3) is 11.8 Å². The third kappa shape index (κ3) is 6.78. The van der Waals surface area contributed by atoms with Crippen molar-refractivity contribution in [1.82, 2.24) is 5.32 Å². The highest BCUT2D eigenvalue weighted by molar-refractivity contribution is 7.18. The van der Waals surface area contributed by atoms with Crippen molar-refractivity contribution in [2.24, 2.45) is 11.7 Å². The Labute approximate surface area is 206 Å². The van der Waals surface area contributed by atoms with Crippen LogP contribution in [0, 0.1) is 12.8 Å². The summed E-state index contributed by atoms with van der Waals surface area (Å²) in [6, 6.07) is 7.89. The molecule has 1 fully saturated rings. The van der Waals surface area contributed by atoms with Crippen LogP contribution >= 0.6 is 22.9 Å². The first-order valence-corrected chi connectivity index (χ1v) is 12.0. The van der Waals surface area contributed by atoms with Crippen molar-refractivity contribution >= 4 is 57.9 Å². The Kier molecular flexibility index (Phi) is 8.65. The zero-order valence-corrected chi connectivity index (χ0v) is 20.5. The molecule has 182 valence electrons. The molecular weight excluding hydrogens is 480 g/mol. The van der Waals surface area contributed by atoms with Gasteiger partial charge in [0.15, 0.2) is 0 Å². The third-order valence-electron chi connectivity index (χ3n) is 5.44. The van der Waals surface area contributed by atoms with Crippen molar-refractivity contribution in [3.63, 3.8) is 0 Å². The Morgan fingerprint density at radius 3 is 2.65 bits per heavy atom. The van der Waals surface area contributed by atoms with Gasteiger partial charge in [0.2, 0.25) is 11.8 Å². The Bertz CT molecular complexity index is 1090. The Morgan fingerprint density at radius 2 is 2.03 bits per heavy atom. The summed E-state index contributed by atoms with van der Waals surface area (Å²) in [6.45, 7) is 4.50. The number of ether oxygens (including phenoxy) is 1. The second-order valence-corrected chi connectivity index (χ2v) is 9.88. The van der Waals surface area contributed by atoms with Gasteiger partial charge in [-0.15, -0.1) is 11.3 Å². The van der Waals surface area contributed by atoms with Crippen LogP contribution in [0.15, 0.2) is 30.3 Å². The number of anilines is 2. The Balaban J connectivity index is 1.67. The molecule has 1 saturated heterocycles. The minimum absolute atomic E-state index is 0.0481. The van der Waals surface area contributed by atoms with Crippen molar-refractivity contribution in [3.05, 3.63) is 45.1 Å². The lowest BCUT2D eigenvalue weighted by molar-refractivity contribution is -0.125. The van der Waals surface area contributed by atoms with Crippen LogP contribution in [0.4, 0.5) is 11.4 Å². The van der Waals surface area contributed by atoms with E-state index in [4.69, 9.17) is 22.1 Å². The number of nitrogens with one attached hydrogen (secondary N) is 2. The van der Waals surface area contributed by atoms with Crippen molar-refractivity contribution in [2.45, 2.75) is 32.7 Å². The molecule has 2 heterocycles. The number of rotatable bonds is 9. The average molecular weight is 507 g/mol. The molecule has 11 heteroatoms. The summed E-state index contributed by atoms with van der Waals surface area (Å²) in [5.41, 5.74) is 7.54. The van der Waals surface area contributed by atoms with Crippen LogP contribution in [-0.2, 0) is 19.1 Å². The molecule has 34 heavy (non-hydrogen) atoms. The number of amides is 4. The first kappa shape index (κ1) is 25.7. The van der Waals surface area contributed by atoms with E-state index < -0.39 is 17.9 Å². The number of morpholine rings is 1. The highest BCUT2D eigenvalue weighted by Crippen LogP contribution is 2.25. The number of hydrogen-bond acceptors (Lipinski definition) is 6. The molecule has 9 nitrogen and oxygen atoms in total. The minimum Gasteiger partial charge on any atom is -0.370 e. The maximum atomic E-state index is 12.8. The number of hydrogen-bond donors (Lipinski definition) is 3. The largest absolute Gasteiger partial charge is 0.370 e. The summed E-state index contributed by atoms with van der Waals surface area (Å²) in [5.74, 6) is -1.86. The normalized spacial score (nSPS) is 15.5. The molecule has 1 aromatic carbocycles. The van der Waals surface area contributed by atoms with Crippen molar-refractivity contribution in [2.75, 3.05) is 30.0 Å². The van der Waals surface area contributed by atoms with E-state index in [9.17, 15) is 19.2 Å². The molecule has 0 bridgehead atoms. The van der Waals surface area contributed by atoms with Gasteiger partial charge in [0, 0.05) is 36.3 Å². The predicted octanol–water partition coefficient (Wildman–Crippen LogP) is 2.71. The maximum absolute atomic E-state index is 12.8. The number of aryl methyl sites for hydroxylation is 1. The van der Waals surface area contributed by atoms with Crippen LogP contribution in [-0.4, -0.2) is 49.4 Å². The van der Waals surface area contributed by atoms with E-state index in [1.807, 2.05) is 6.92 Å². The van der Waals surface area contributed by atoms with E-state index in [2.05, 4.69) is 10.6 Å². The molecule has 0 radical (unpaired) electrons. The third-order valence-corrected chi connectivity index (χ3v) is 6.67. The average Bonchev–Trinajstić information content (AvgIpc) is 3.21. The van der Waals surface area contributed by atoms with E-state index in [0.717, 1.165) is 22.6 Å². The number of halogens is 1. The molecule has 3 rings (SSSR count). The summed E-state index contributed by atoms with van der Waals surface area (Å²) in [6.07, 6.45) is 0.163. The molecule has 0 spiro atoms. The van der Waals surface area contributed by atoms with Gasteiger partial charge < -0.3 is 26.0 Å². The fraction of sp³-hybridized carbons (Fsp3) is 0.391. The topological polar surface area (TPSA) is 131 Å². The van der Waals surface area contributed by atoms with Gasteiger partial charge in [0.1, 0.15) is 6.61 Å². The number of carbonyl (C=O) groups excluding carboxylic acids is 4. The number of benzene rings is 1. The fourth-order valence-electron chi connectivity index (χ4n) is 3.67. The van der Waals surface area contributed by atoms with Gasteiger partial charge in [-0.1, -0.05) is 18.5 Å². The summed E-state index contributed by atoms with van der Waals surface area (Å²) >= 11 is 7.03. The maximum Gasteiger partial charge on any atom is 0.261 e. The number of thiophene rings is 1. The molecular formula is C23H27ClN4O5S. The quantitative estimate of drug-likeness (QED) is 0.481. The standard InChI is InChI=1S/C23H27ClN4O5S/c1-13-9-15(3-4-17(13)28-7-8-33-12-21(28)30)26-20(29)11-16(10-14(2)22(25)31)27-23(32)18-5-6-19(24)34-18/h3-6,9,14,16H,7-8,10-12H2,1-2H3,(H2,25,31)(H,26,29)(H,27,32)/t14?,16-/m1/s1. The van der Waals surface area contributed by atoms with E-state index >= 15 is 0 Å². The Morgan fingerprint density at radius 1 is 1.26 bits per heavy atom. The van der Waals surface area contributed by atoms with Gasteiger partial charge in [-0.05, 0) is 49.2 Å². The van der Waals surface area contributed by atoms with Crippen molar-refractivity contribution in [3.8, 4) is 0 Å². The van der Waals surface area contributed by atoms with E-state index in [0.29, 0.717) is 28.1 Å². The summed E-state index contributed by atoms with van der Waals surface area (Å²) in [5, 5.41) is 5.63. The Hall–Kier alpha value is -2.95. The fourth-order valence-corrected chi connectivity index (χ4v) is 4.62. The summed E-state index contributed by atoms with van der Waals surface area (Å²) in [7, 11) is 0. The molecule has 0 saturated carbocycles. The van der Waals surface area contributed by atoms with Crippen molar-refractivity contribution in [1.29, 1.82) is 0 Å². The molecule has 1 aromatic heterocycles. The zero-order chi connectivity index (χ0) is 24.8. The second kappa shape index (κ2) is 11.5. The zero-order valence-electron chi connectivity index (χ0n) is 18.9. The van der Waals surface area contributed by atoms with E-state index in [1.54, 1.807) is 42.2 Å². The first-order chi connectivity index (χ1) is 16.1. The van der Waals surface area contributed by atoms with Gasteiger partial charge in [-0.3, -0.25) is 19.2 Å². The lowest BCUT2D eigenvalue weighted by Crippen LogP contribution is -2.42. The molecule has 2 aromatic rings. The molecule has 4 N–H and O–H groups in total. The number of nitrogens with zero attached hydrogens (tertiary/aromatic N) is 1.